The van der Waals surface area contributed by atoms with Crippen molar-refractivity contribution in [1.82, 2.24) is 4.98 Å². The van der Waals surface area contributed by atoms with Crippen LogP contribution in [0, 0.1) is 6.92 Å². The van der Waals surface area contributed by atoms with Crippen LogP contribution < -0.4 is 15.4 Å². The molecule has 0 saturated carbocycles. The number of rotatable bonds is 6. The van der Waals surface area contributed by atoms with Crippen molar-refractivity contribution in [2.45, 2.75) is 26.5 Å². The van der Waals surface area contributed by atoms with Gasteiger partial charge in [-0.3, -0.25) is 4.79 Å². The van der Waals surface area contributed by atoms with Gasteiger partial charge in [0, 0.05) is 18.3 Å². The molecule has 0 radical (unpaired) electrons. The van der Waals surface area contributed by atoms with Crippen molar-refractivity contribution in [2.75, 3.05) is 10.6 Å². The number of carbonyl (C=O) groups is 1. The molecule has 27 heavy (non-hydrogen) atoms. The van der Waals surface area contributed by atoms with E-state index >= 15 is 0 Å². The highest BCUT2D eigenvalue weighted by atomic mass is 35.5. The second-order valence-electron chi connectivity index (χ2n) is 5.79. The van der Waals surface area contributed by atoms with E-state index < -0.39 is 12.7 Å². The van der Waals surface area contributed by atoms with E-state index in [2.05, 4.69) is 20.4 Å². The minimum atomic E-state index is -2.97. The van der Waals surface area contributed by atoms with E-state index in [-0.39, 0.29) is 16.7 Å². The van der Waals surface area contributed by atoms with Crippen LogP contribution in [0.4, 0.5) is 20.2 Å². The molecular weight excluding hydrogens is 380 g/mol. The average Bonchev–Trinajstić information content (AvgIpc) is 2.96. The number of benzene rings is 2. The number of anilines is 2. The number of nitrogens with zero attached hydrogens (tertiary/aromatic N) is 1. The zero-order valence-electron chi connectivity index (χ0n) is 14.4. The van der Waals surface area contributed by atoms with Gasteiger partial charge in [-0.2, -0.15) is 8.78 Å². The quantitative estimate of drug-likeness (QED) is 0.625. The van der Waals surface area contributed by atoms with Crippen molar-refractivity contribution in [1.29, 1.82) is 0 Å². The summed E-state index contributed by atoms with van der Waals surface area (Å²) in [6.45, 7) is 0.466. The number of amides is 1. The van der Waals surface area contributed by atoms with E-state index in [0.29, 0.717) is 28.4 Å². The highest BCUT2D eigenvalue weighted by Gasteiger charge is 2.15. The molecule has 3 rings (SSSR count). The van der Waals surface area contributed by atoms with E-state index in [1.165, 1.54) is 18.2 Å². The highest BCUT2D eigenvalue weighted by molar-refractivity contribution is 6.32. The lowest BCUT2D eigenvalue weighted by Crippen LogP contribution is -2.31. The van der Waals surface area contributed by atoms with Crippen LogP contribution in [-0.2, 0) is 4.79 Å². The van der Waals surface area contributed by atoms with Crippen molar-refractivity contribution < 1.29 is 22.7 Å². The van der Waals surface area contributed by atoms with Gasteiger partial charge in [-0.15, -0.1) is 0 Å². The number of ether oxygens (including phenoxy) is 1. The summed E-state index contributed by atoms with van der Waals surface area (Å²) in [4.78, 5) is 16.6. The summed E-state index contributed by atoms with van der Waals surface area (Å²) in [6.07, 6.45) is 0. The van der Waals surface area contributed by atoms with Gasteiger partial charge in [0.25, 0.3) is 0 Å². The summed E-state index contributed by atoms with van der Waals surface area (Å²) in [6, 6.07) is 8.79. The van der Waals surface area contributed by atoms with Gasteiger partial charge in [-0.1, -0.05) is 11.6 Å². The molecule has 1 heterocycles. The van der Waals surface area contributed by atoms with Crippen LogP contribution in [0.1, 0.15) is 12.8 Å². The standard InChI is InChI=1S/C18H16ClF2N3O3/c1-9(22-12-4-6-16-14(8-12)23-10(2)26-16)17(25)24-11-3-5-15(13(19)7-11)27-18(20)21/h3-9,18,22H,1-2H3,(H,24,25)/t9-/m0/s1. The third-order valence-corrected chi connectivity index (χ3v) is 3.98. The van der Waals surface area contributed by atoms with E-state index in [1.54, 1.807) is 32.0 Å². The molecule has 0 unspecified atom stereocenters. The van der Waals surface area contributed by atoms with E-state index in [9.17, 15) is 13.6 Å². The molecule has 1 aromatic heterocycles. The fourth-order valence-electron chi connectivity index (χ4n) is 2.47. The van der Waals surface area contributed by atoms with E-state index in [1.807, 2.05) is 0 Å². The Morgan fingerprint density at radius 1 is 1.22 bits per heavy atom. The fraction of sp³-hybridized carbons (Fsp3) is 0.222. The molecular formula is C18H16ClF2N3O3. The zero-order valence-corrected chi connectivity index (χ0v) is 15.2. The molecule has 9 heteroatoms. The number of aryl methyl sites for hydroxylation is 1. The van der Waals surface area contributed by atoms with Gasteiger partial charge in [-0.05, 0) is 43.3 Å². The Hall–Kier alpha value is -2.87. The summed E-state index contributed by atoms with van der Waals surface area (Å²) in [5, 5.41) is 5.70. The van der Waals surface area contributed by atoms with Gasteiger partial charge < -0.3 is 19.8 Å². The Kier molecular flexibility index (Phi) is 5.46. The van der Waals surface area contributed by atoms with Crippen molar-refractivity contribution in [3.63, 3.8) is 0 Å². The van der Waals surface area contributed by atoms with Crippen molar-refractivity contribution in [2.24, 2.45) is 0 Å². The number of halogens is 3. The Bertz CT molecular complexity index is 978. The van der Waals surface area contributed by atoms with Crippen molar-refractivity contribution >= 4 is 40.0 Å². The van der Waals surface area contributed by atoms with E-state index in [0.717, 1.165) is 0 Å². The number of hydrogen-bond acceptors (Lipinski definition) is 5. The molecule has 1 amide bonds. The molecule has 0 aliphatic heterocycles. The topological polar surface area (TPSA) is 76.4 Å². The maximum absolute atomic E-state index is 12.4. The SMILES string of the molecule is Cc1nc2cc(N[C@@H](C)C(=O)Nc3ccc(OC(F)F)c(Cl)c3)ccc2o1. The largest absolute Gasteiger partial charge is 0.441 e. The zero-order chi connectivity index (χ0) is 19.6. The predicted molar refractivity (Wildman–Crippen MR) is 98.5 cm³/mol. The highest BCUT2D eigenvalue weighted by Crippen LogP contribution is 2.29. The van der Waals surface area contributed by atoms with Crippen LogP contribution in [-0.4, -0.2) is 23.5 Å². The molecule has 2 N–H and O–H groups in total. The van der Waals surface area contributed by atoms with Crippen molar-refractivity contribution in [3.8, 4) is 5.75 Å². The lowest BCUT2D eigenvalue weighted by atomic mass is 10.2. The minimum Gasteiger partial charge on any atom is -0.441 e. The second kappa shape index (κ2) is 7.79. The third kappa shape index (κ3) is 4.65. The normalized spacial score (nSPS) is 12.2. The van der Waals surface area contributed by atoms with Gasteiger partial charge in [0.1, 0.15) is 17.3 Å². The predicted octanol–water partition coefficient (Wildman–Crippen LogP) is 4.83. The Labute approximate surface area is 158 Å². The molecule has 0 aliphatic rings. The molecule has 1 atom stereocenters. The third-order valence-electron chi connectivity index (χ3n) is 3.69. The molecule has 2 aromatic carbocycles. The lowest BCUT2D eigenvalue weighted by Gasteiger charge is -2.16. The van der Waals surface area contributed by atoms with Crippen LogP contribution in [0.3, 0.4) is 0 Å². The number of fused-ring (bicyclic) bond motifs is 1. The number of nitrogens with one attached hydrogen (secondary N) is 2. The lowest BCUT2D eigenvalue weighted by molar-refractivity contribution is -0.116. The smallest absolute Gasteiger partial charge is 0.387 e. The number of oxazole rings is 1. The molecule has 0 bridgehead atoms. The molecule has 142 valence electrons. The van der Waals surface area contributed by atoms with Crippen molar-refractivity contribution in [3.05, 3.63) is 47.3 Å². The second-order valence-corrected chi connectivity index (χ2v) is 6.20. The number of carbonyl (C=O) groups excluding carboxylic acids is 1. The number of hydrogen-bond donors (Lipinski definition) is 2. The maximum Gasteiger partial charge on any atom is 0.387 e. The van der Waals surface area contributed by atoms with Gasteiger partial charge in [0.05, 0.1) is 5.02 Å². The van der Waals surface area contributed by atoms with Crippen LogP contribution >= 0.6 is 11.6 Å². The van der Waals surface area contributed by atoms with Crippen LogP contribution in [0.15, 0.2) is 40.8 Å². The first kappa shape index (κ1) is 18.9. The van der Waals surface area contributed by atoms with Crippen LogP contribution in [0.5, 0.6) is 5.75 Å². The summed E-state index contributed by atoms with van der Waals surface area (Å²) in [7, 11) is 0. The number of alkyl halides is 2. The number of aromatic nitrogens is 1. The van der Waals surface area contributed by atoms with Crippen LogP contribution in [0.25, 0.3) is 11.1 Å². The minimum absolute atomic E-state index is 0.0273. The van der Waals surface area contributed by atoms with Gasteiger partial charge in [-0.25, -0.2) is 4.98 Å². The summed E-state index contributed by atoms with van der Waals surface area (Å²) in [5.74, 6) is 0.0705. The Morgan fingerprint density at radius 2 is 1.96 bits per heavy atom. The fourth-order valence-corrected chi connectivity index (χ4v) is 2.69. The Morgan fingerprint density at radius 3 is 2.67 bits per heavy atom. The first-order valence-corrected chi connectivity index (χ1v) is 8.38. The summed E-state index contributed by atoms with van der Waals surface area (Å²) in [5.41, 5.74) is 2.42. The Balaban J connectivity index is 1.65. The molecule has 0 fully saturated rings. The van der Waals surface area contributed by atoms with Crippen LogP contribution in [0.2, 0.25) is 5.02 Å². The molecule has 0 saturated heterocycles. The maximum atomic E-state index is 12.4. The first-order chi connectivity index (χ1) is 12.8. The molecule has 3 aromatic rings. The van der Waals surface area contributed by atoms with Gasteiger partial charge in [0.2, 0.25) is 5.91 Å². The van der Waals surface area contributed by atoms with Gasteiger partial charge >= 0.3 is 6.61 Å². The first-order valence-electron chi connectivity index (χ1n) is 8.01. The summed E-state index contributed by atoms with van der Waals surface area (Å²) < 4.78 is 34.2. The molecule has 6 nitrogen and oxygen atoms in total. The van der Waals surface area contributed by atoms with Gasteiger partial charge in [0.15, 0.2) is 11.5 Å². The summed E-state index contributed by atoms with van der Waals surface area (Å²) >= 11 is 5.88. The average molecular weight is 396 g/mol. The molecule has 0 spiro atoms. The monoisotopic (exact) mass is 395 g/mol. The van der Waals surface area contributed by atoms with E-state index in [4.69, 9.17) is 16.0 Å². The molecule has 0 aliphatic carbocycles.